The highest BCUT2D eigenvalue weighted by atomic mass is 35.5. The maximum Gasteiger partial charge on any atom is 0.295 e. The molecule has 5 rings (SSSR count). The summed E-state index contributed by atoms with van der Waals surface area (Å²) in [6.07, 6.45) is 0. The predicted molar refractivity (Wildman–Crippen MR) is 128 cm³/mol. The number of fused-ring (bicyclic) bond motifs is 1. The molecule has 0 atom stereocenters. The van der Waals surface area contributed by atoms with E-state index in [4.69, 9.17) is 11.6 Å². The quantitative estimate of drug-likeness (QED) is 0.338. The van der Waals surface area contributed by atoms with Crippen molar-refractivity contribution in [3.63, 3.8) is 0 Å². The molecule has 33 heavy (non-hydrogen) atoms. The van der Waals surface area contributed by atoms with Gasteiger partial charge in [0.25, 0.3) is 5.91 Å². The van der Waals surface area contributed by atoms with Crippen LogP contribution in [0.4, 0.5) is 10.1 Å². The van der Waals surface area contributed by atoms with Crippen molar-refractivity contribution >= 4 is 34.0 Å². The van der Waals surface area contributed by atoms with Crippen molar-refractivity contribution in [2.24, 2.45) is 0 Å². The Hall–Kier alpha value is -4.03. The van der Waals surface area contributed by atoms with E-state index in [1.54, 1.807) is 18.2 Å². The molecule has 1 aromatic heterocycles. The molecule has 0 aliphatic rings. The number of aryl methyl sites for hydroxylation is 1. The van der Waals surface area contributed by atoms with Gasteiger partial charge < -0.3 is 5.32 Å². The van der Waals surface area contributed by atoms with Crippen LogP contribution in [-0.2, 0) is 0 Å². The lowest BCUT2D eigenvalue weighted by molar-refractivity contribution is 0.101. The lowest BCUT2D eigenvalue weighted by atomic mass is 10.1. The number of rotatable bonds is 4. The van der Waals surface area contributed by atoms with E-state index in [1.807, 2.05) is 61.5 Å². The Morgan fingerprint density at radius 3 is 2.52 bits per heavy atom. The van der Waals surface area contributed by atoms with Crippen LogP contribution in [0.1, 0.15) is 16.2 Å². The number of anilines is 1. The molecule has 5 nitrogen and oxygen atoms in total. The fourth-order valence-corrected chi connectivity index (χ4v) is 3.78. The van der Waals surface area contributed by atoms with Crippen molar-refractivity contribution in [2.45, 2.75) is 6.92 Å². The SMILES string of the molecule is Cc1ccc(-n2nc(C(=O)Nc3cccc4ccccc34)nc2-c2ccc(F)cc2)cc1Cl. The number of aromatic nitrogens is 3. The molecule has 0 saturated carbocycles. The molecule has 0 spiro atoms. The molecule has 0 fully saturated rings. The molecule has 5 aromatic rings. The molecule has 7 heteroatoms. The third-order valence-electron chi connectivity index (χ3n) is 5.35. The highest BCUT2D eigenvalue weighted by Crippen LogP contribution is 2.26. The Balaban J connectivity index is 1.58. The van der Waals surface area contributed by atoms with Crippen LogP contribution in [0, 0.1) is 12.7 Å². The zero-order chi connectivity index (χ0) is 22.9. The second-order valence-corrected chi connectivity index (χ2v) is 8.00. The molecule has 0 aliphatic carbocycles. The zero-order valence-corrected chi connectivity index (χ0v) is 18.3. The first-order valence-corrected chi connectivity index (χ1v) is 10.7. The van der Waals surface area contributed by atoms with Crippen molar-refractivity contribution in [3.8, 4) is 17.1 Å². The van der Waals surface area contributed by atoms with Crippen molar-refractivity contribution < 1.29 is 9.18 Å². The molecule has 0 bridgehead atoms. The molecular formula is C26H18ClFN4O. The molecule has 0 radical (unpaired) electrons. The summed E-state index contributed by atoms with van der Waals surface area (Å²) in [5.41, 5.74) is 2.83. The summed E-state index contributed by atoms with van der Waals surface area (Å²) >= 11 is 6.32. The van der Waals surface area contributed by atoms with E-state index < -0.39 is 5.91 Å². The lowest BCUT2D eigenvalue weighted by Gasteiger charge is -2.08. The van der Waals surface area contributed by atoms with Gasteiger partial charge in [0, 0.05) is 21.7 Å². The lowest BCUT2D eigenvalue weighted by Crippen LogP contribution is -2.14. The van der Waals surface area contributed by atoms with Gasteiger partial charge in [-0.25, -0.2) is 14.1 Å². The molecule has 4 aromatic carbocycles. The number of carbonyl (C=O) groups is 1. The van der Waals surface area contributed by atoms with Gasteiger partial charge in [-0.2, -0.15) is 0 Å². The minimum absolute atomic E-state index is 0.0149. The van der Waals surface area contributed by atoms with Crippen LogP contribution in [0.15, 0.2) is 84.9 Å². The van der Waals surface area contributed by atoms with Crippen LogP contribution in [0.2, 0.25) is 5.02 Å². The van der Waals surface area contributed by atoms with Crippen LogP contribution in [0.25, 0.3) is 27.8 Å². The first kappa shape index (κ1) is 20.8. The van der Waals surface area contributed by atoms with Gasteiger partial charge in [0.1, 0.15) is 5.82 Å². The van der Waals surface area contributed by atoms with Gasteiger partial charge >= 0.3 is 0 Å². The first-order chi connectivity index (χ1) is 16.0. The maximum atomic E-state index is 13.5. The number of hydrogen-bond donors (Lipinski definition) is 1. The average molecular weight is 457 g/mol. The van der Waals surface area contributed by atoms with Crippen molar-refractivity contribution in [1.29, 1.82) is 0 Å². The van der Waals surface area contributed by atoms with Crippen LogP contribution < -0.4 is 5.32 Å². The van der Waals surface area contributed by atoms with Gasteiger partial charge in [-0.3, -0.25) is 4.79 Å². The Bertz CT molecular complexity index is 1490. The number of nitrogens with zero attached hydrogens (tertiary/aromatic N) is 3. The van der Waals surface area contributed by atoms with Crippen LogP contribution in [0.3, 0.4) is 0 Å². The van der Waals surface area contributed by atoms with Crippen molar-refractivity contribution in [1.82, 2.24) is 14.8 Å². The number of amides is 1. The highest BCUT2D eigenvalue weighted by Gasteiger charge is 2.20. The van der Waals surface area contributed by atoms with E-state index in [9.17, 15) is 9.18 Å². The smallest absolute Gasteiger partial charge is 0.295 e. The van der Waals surface area contributed by atoms with E-state index >= 15 is 0 Å². The second kappa shape index (κ2) is 8.48. The number of nitrogens with one attached hydrogen (secondary N) is 1. The zero-order valence-electron chi connectivity index (χ0n) is 17.6. The normalized spacial score (nSPS) is 11.0. The summed E-state index contributed by atoms with van der Waals surface area (Å²) in [5, 5.41) is 9.87. The van der Waals surface area contributed by atoms with Gasteiger partial charge in [-0.15, -0.1) is 5.10 Å². The van der Waals surface area contributed by atoms with E-state index in [-0.39, 0.29) is 11.6 Å². The topological polar surface area (TPSA) is 59.8 Å². The molecule has 1 amide bonds. The van der Waals surface area contributed by atoms with Crippen LogP contribution >= 0.6 is 11.6 Å². The van der Waals surface area contributed by atoms with Gasteiger partial charge in [0.15, 0.2) is 5.82 Å². The Kier molecular flexibility index (Phi) is 5.36. The predicted octanol–water partition coefficient (Wildman–Crippen LogP) is 6.44. The summed E-state index contributed by atoms with van der Waals surface area (Å²) < 4.78 is 15.0. The number of benzene rings is 4. The molecule has 0 unspecified atom stereocenters. The van der Waals surface area contributed by atoms with E-state index in [0.717, 1.165) is 16.3 Å². The number of carbonyl (C=O) groups excluding carboxylic acids is 1. The second-order valence-electron chi connectivity index (χ2n) is 7.59. The molecule has 1 heterocycles. The van der Waals surface area contributed by atoms with Crippen LogP contribution in [0.5, 0.6) is 0 Å². The highest BCUT2D eigenvalue weighted by molar-refractivity contribution is 6.31. The molecule has 0 aliphatic heterocycles. The fraction of sp³-hybridized carbons (Fsp3) is 0.0385. The Morgan fingerprint density at radius 1 is 0.970 bits per heavy atom. The van der Waals surface area contributed by atoms with Gasteiger partial charge in [0.05, 0.1) is 5.69 Å². The largest absolute Gasteiger partial charge is 0.319 e. The summed E-state index contributed by atoms with van der Waals surface area (Å²) in [4.78, 5) is 17.6. The average Bonchev–Trinajstić information content (AvgIpc) is 3.27. The molecule has 1 N–H and O–H groups in total. The Morgan fingerprint density at radius 2 is 1.73 bits per heavy atom. The summed E-state index contributed by atoms with van der Waals surface area (Å²) in [6.45, 7) is 1.90. The van der Waals surface area contributed by atoms with E-state index in [2.05, 4.69) is 15.4 Å². The van der Waals surface area contributed by atoms with Gasteiger partial charge in [-0.1, -0.05) is 54.1 Å². The summed E-state index contributed by atoms with van der Waals surface area (Å²) in [5.74, 6) is -0.430. The first-order valence-electron chi connectivity index (χ1n) is 10.3. The summed E-state index contributed by atoms with van der Waals surface area (Å²) in [7, 11) is 0. The number of hydrogen-bond acceptors (Lipinski definition) is 3. The number of halogens is 2. The van der Waals surface area contributed by atoms with Gasteiger partial charge in [-0.05, 0) is 60.3 Å². The minimum atomic E-state index is -0.452. The standard InChI is InChI=1S/C26H18ClFN4O/c1-16-9-14-20(15-22(16)27)32-25(18-10-12-19(28)13-11-18)30-24(31-32)26(33)29-23-8-4-6-17-5-2-3-7-21(17)23/h2-15H,1H3,(H,29,33). The van der Waals surface area contributed by atoms with Crippen molar-refractivity contribution in [2.75, 3.05) is 5.32 Å². The van der Waals surface area contributed by atoms with Crippen molar-refractivity contribution in [3.05, 3.63) is 107 Å². The van der Waals surface area contributed by atoms with E-state index in [1.165, 1.54) is 16.8 Å². The third kappa shape index (κ3) is 4.08. The fourth-order valence-electron chi connectivity index (χ4n) is 3.60. The van der Waals surface area contributed by atoms with Gasteiger partial charge in [0.2, 0.25) is 5.82 Å². The minimum Gasteiger partial charge on any atom is -0.319 e. The Labute approximate surface area is 194 Å². The molecule has 162 valence electrons. The molecular weight excluding hydrogens is 439 g/mol. The summed E-state index contributed by atoms with van der Waals surface area (Å²) in [6, 6.07) is 24.8. The van der Waals surface area contributed by atoms with Crippen LogP contribution in [-0.4, -0.2) is 20.7 Å². The molecule has 0 saturated heterocycles. The monoisotopic (exact) mass is 456 g/mol. The maximum absolute atomic E-state index is 13.5. The third-order valence-corrected chi connectivity index (χ3v) is 5.76. The van der Waals surface area contributed by atoms with E-state index in [0.29, 0.717) is 27.8 Å².